The minimum Gasteiger partial charge on any atom is -0.493 e. The van der Waals surface area contributed by atoms with E-state index in [4.69, 9.17) is 10.5 Å². The third-order valence-corrected chi connectivity index (χ3v) is 4.62. The molecule has 1 aliphatic rings. The molecule has 0 atom stereocenters. The Balaban J connectivity index is 1.62. The number of anilines is 1. The molecule has 3 rings (SSSR count). The van der Waals surface area contributed by atoms with E-state index >= 15 is 0 Å². The number of nitrogens with two attached hydrogens (primary N) is 1. The fourth-order valence-electron chi connectivity index (χ4n) is 3.05. The van der Waals surface area contributed by atoms with Gasteiger partial charge in [-0.25, -0.2) is 0 Å². The van der Waals surface area contributed by atoms with Crippen molar-refractivity contribution in [2.75, 3.05) is 44.2 Å². The van der Waals surface area contributed by atoms with Crippen molar-refractivity contribution < 1.29 is 9.53 Å². The summed E-state index contributed by atoms with van der Waals surface area (Å²) in [5.74, 6) is 0.817. The van der Waals surface area contributed by atoms with Crippen molar-refractivity contribution in [1.29, 1.82) is 0 Å². The maximum atomic E-state index is 12.9. The summed E-state index contributed by atoms with van der Waals surface area (Å²) in [5.41, 5.74) is 8.32. The topological polar surface area (TPSA) is 71.7 Å². The first-order chi connectivity index (χ1) is 12.7. The van der Waals surface area contributed by atoms with Gasteiger partial charge in [0.1, 0.15) is 5.75 Å². The molecule has 1 fully saturated rings. The van der Waals surface area contributed by atoms with Gasteiger partial charge in [-0.1, -0.05) is 6.07 Å². The van der Waals surface area contributed by atoms with Crippen LogP contribution in [-0.2, 0) is 0 Å². The number of nitrogens with zero attached hydrogens (tertiary/aromatic N) is 3. The van der Waals surface area contributed by atoms with Crippen LogP contribution in [0, 0.1) is 6.92 Å². The number of amides is 1. The van der Waals surface area contributed by atoms with Crippen molar-refractivity contribution in [1.82, 2.24) is 9.88 Å². The lowest BCUT2D eigenvalue weighted by Crippen LogP contribution is -2.48. The summed E-state index contributed by atoms with van der Waals surface area (Å²) in [4.78, 5) is 21.2. The lowest BCUT2D eigenvalue weighted by Gasteiger charge is -2.36. The summed E-state index contributed by atoms with van der Waals surface area (Å²) in [6.07, 6.45) is 4.43. The zero-order valence-corrected chi connectivity index (χ0v) is 15.2. The molecule has 0 radical (unpaired) electrons. The molecule has 0 unspecified atom stereocenters. The molecule has 6 nitrogen and oxygen atoms in total. The van der Waals surface area contributed by atoms with Gasteiger partial charge in [0, 0.05) is 37.9 Å². The normalized spacial score (nSPS) is 14.4. The van der Waals surface area contributed by atoms with Crippen molar-refractivity contribution in [3.05, 3.63) is 53.9 Å². The number of ether oxygens (including phenoxy) is 1. The fraction of sp³-hybridized carbons (Fsp3) is 0.400. The van der Waals surface area contributed by atoms with Crippen molar-refractivity contribution in [2.24, 2.45) is 5.73 Å². The zero-order valence-electron chi connectivity index (χ0n) is 15.2. The average Bonchev–Trinajstić information content (AvgIpc) is 2.70. The summed E-state index contributed by atoms with van der Waals surface area (Å²) in [6.45, 7) is 6.17. The van der Waals surface area contributed by atoms with E-state index in [0.717, 1.165) is 36.5 Å². The van der Waals surface area contributed by atoms with Crippen molar-refractivity contribution in [3.63, 3.8) is 0 Å². The number of hydrogen-bond acceptors (Lipinski definition) is 5. The molecular weight excluding hydrogens is 328 g/mol. The highest BCUT2D eigenvalue weighted by atomic mass is 16.5. The van der Waals surface area contributed by atoms with Gasteiger partial charge in [0.2, 0.25) is 0 Å². The highest BCUT2D eigenvalue weighted by Gasteiger charge is 2.23. The Kier molecular flexibility index (Phi) is 6.07. The molecule has 2 heterocycles. The summed E-state index contributed by atoms with van der Waals surface area (Å²) < 4.78 is 5.76. The van der Waals surface area contributed by atoms with Crippen LogP contribution in [0.4, 0.5) is 5.69 Å². The Morgan fingerprint density at radius 3 is 2.73 bits per heavy atom. The second kappa shape index (κ2) is 8.67. The van der Waals surface area contributed by atoms with Crippen LogP contribution in [0.25, 0.3) is 0 Å². The minimum atomic E-state index is 0.0551. The van der Waals surface area contributed by atoms with E-state index in [-0.39, 0.29) is 5.91 Å². The Bertz CT molecular complexity index is 728. The van der Waals surface area contributed by atoms with E-state index in [2.05, 4.69) is 16.0 Å². The standard InChI is InChI=1S/C20H26N4O2/c1-16-5-6-17(14-19(16)26-13-3-7-21)20(25)24-11-9-23(10-12-24)18-4-2-8-22-15-18/h2,4-6,8,14-15H,3,7,9-13,21H2,1H3. The number of pyridine rings is 1. The van der Waals surface area contributed by atoms with Gasteiger partial charge in [0.15, 0.2) is 0 Å². The molecule has 6 heteroatoms. The number of benzene rings is 1. The van der Waals surface area contributed by atoms with Gasteiger partial charge in [-0.05, 0) is 49.7 Å². The third kappa shape index (κ3) is 4.32. The SMILES string of the molecule is Cc1ccc(C(=O)N2CCN(c3cccnc3)CC2)cc1OCCCN. The monoisotopic (exact) mass is 354 g/mol. The molecule has 1 aliphatic heterocycles. The molecule has 1 aromatic carbocycles. The zero-order chi connectivity index (χ0) is 18.4. The molecule has 26 heavy (non-hydrogen) atoms. The van der Waals surface area contributed by atoms with Gasteiger partial charge in [-0.2, -0.15) is 0 Å². The van der Waals surface area contributed by atoms with E-state index in [1.165, 1.54) is 0 Å². The summed E-state index contributed by atoms with van der Waals surface area (Å²) >= 11 is 0. The molecule has 1 saturated heterocycles. The van der Waals surface area contributed by atoms with Gasteiger partial charge in [0.05, 0.1) is 18.5 Å². The van der Waals surface area contributed by atoms with Gasteiger partial charge < -0.3 is 20.3 Å². The first-order valence-electron chi connectivity index (χ1n) is 9.07. The average molecular weight is 354 g/mol. The Morgan fingerprint density at radius 2 is 2.04 bits per heavy atom. The number of carbonyl (C=O) groups is 1. The Labute approximate surface area is 154 Å². The van der Waals surface area contributed by atoms with E-state index in [0.29, 0.717) is 31.8 Å². The van der Waals surface area contributed by atoms with Crippen LogP contribution >= 0.6 is 0 Å². The number of aryl methyl sites for hydroxylation is 1. The van der Waals surface area contributed by atoms with Crippen LogP contribution in [0.1, 0.15) is 22.3 Å². The maximum absolute atomic E-state index is 12.9. The van der Waals surface area contributed by atoms with E-state index in [9.17, 15) is 4.79 Å². The third-order valence-electron chi connectivity index (χ3n) is 4.62. The number of rotatable bonds is 6. The maximum Gasteiger partial charge on any atom is 0.254 e. The summed E-state index contributed by atoms with van der Waals surface area (Å²) in [5, 5.41) is 0. The fourth-order valence-corrected chi connectivity index (χ4v) is 3.05. The Morgan fingerprint density at radius 1 is 1.23 bits per heavy atom. The number of aromatic nitrogens is 1. The molecule has 1 aromatic heterocycles. The van der Waals surface area contributed by atoms with Gasteiger partial charge >= 0.3 is 0 Å². The van der Waals surface area contributed by atoms with Crippen LogP contribution in [0.2, 0.25) is 0 Å². The smallest absolute Gasteiger partial charge is 0.254 e. The van der Waals surface area contributed by atoms with Crippen LogP contribution < -0.4 is 15.4 Å². The van der Waals surface area contributed by atoms with Crippen molar-refractivity contribution in [2.45, 2.75) is 13.3 Å². The largest absolute Gasteiger partial charge is 0.493 e. The highest BCUT2D eigenvalue weighted by molar-refractivity contribution is 5.95. The van der Waals surface area contributed by atoms with Crippen LogP contribution in [-0.4, -0.2) is 55.1 Å². The molecule has 138 valence electrons. The molecule has 2 N–H and O–H groups in total. The molecule has 2 aromatic rings. The van der Waals surface area contributed by atoms with Gasteiger partial charge in [0.25, 0.3) is 5.91 Å². The minimum absolute atomic E-state index is 0.0551. The molecule has 0 aliphatic carbocycles. The van der Waals surface area contributed by atoms with Gasteiger partial charge in [-0.15, -0.1) is 0 Å². The highest BCUT2D eigenvalue weighted by Crippen LogP contribution is 2.22. The lowest BCUT2D eigenvalue weighted by atomic mass is 10.1. The van der Waals surface area contributed by atoms with E-state index in [1.807, 2.05) is 42.3 Å². The Hall–Kier alpha value is -2.60. The van der Waals surface area contributed by atoms with Crippen LogP contribution in [0.3, 0.4) is 0 Å². The number of carbonyl (C=O) groups excluding carboxylic acids is 1. The number of piperazine rings is 1. The first kappa shape index (κ1) is 18.2. The van der Waals surface area contributed by atoms with Crippen molar-refractivity contribution in [3.8, 4) is 5.75 Å². The summed E-state index contributed by atoms with van der Waals surface area (Å²) in [7, 11) is 0. The molecule has 0 bridgehead atoms. The molecule has 1 amide bonds. The number of hydrogen-bond donors (Lipinski definition) is 1. The van der Waals surface area contributed by atoms with Gasteiger partial charge in [-0.3, -0.25) is 9.78 Å². The second-order valence-corrected chi connectivity index (χ2v) is 6.46. The first-order valence-corrected chi connectivity index (χ1v) is 9.07. The van der Waals surface area contributed by atoms with Crippen LogP contribution in [0.15, 0.2) is 42.7 Å². The quantitative estimate of drug-likeness (QED) is 0.804. The molecule has 0 saturated carbocycles. The predicted molar refractivity (Wildman–Crippen MR) is 103 cm³/mol. The molecule has 0 spiro atoms. The lowest BCUT2D eigenvalue weighted by molar-refractivity contribution is 0.0746. The van der Waals surface area contributed by atoms with Crippen LogP contribution in [0.5, 0.6) is 5.75 Å². The second-order valence-electron chi connectivity index (χ2n) is 6.46. The van der Waals surface area contributed by atoms with Crippen molar-refractivity contribution >= 4 is 11.6 Å². The predicted octanol–water partition coefficient (Wildman–Crippen LogP) is 2.08. The van der Waals surface area contributed by atoms with E-state index < -0.39 is 0 Å². The molecular formula is C20H26N4O2. The van der Waals surface area contributed by atoms with E-state index in [1.54, 1.807) is 6.20 Å². The summed E-state index contributed by atoms with van der Waals surface area (Å²) in [6, 6.07) is 9.65.